The van der Waals surface area contributed by atoms with Crippen molar-refractivity contribution < 1.29 is 9.84 Å². The number of phenols is 1. The van der Waals surface area contributed by atoms with E-state index >= 15 is 0 Å². The zero-order valence-corrected chi connectivity index (χ0v) is 7.66. The summed E-state index contributed by atoms with van der Waals surface area (Å²) in [4.78, 5) is 0. The third-order valence-corrected chi connectivity index (χ3v) is 1.41. The lowest BCUT2D eigenvalue weighted by molar-refractivity contribution is 0.241. The Morgan fingerprint density at radius 1 is 1.25 bits per heavy atom. The molecule has 0 aromatic heterocycles. The highest BCUT2D eigenvalue weighted by Crippen LogP contribution is 2.21. The van der Waals surface area contributed by atoms with Crippen LogP contribution in [0.1, 0.15) is 19.4 Å². The van der Waals surface area contributed by atoms with Gasteiger partial charge < -0.3 is 9.84 Å². The first-order chi connectivity index (χ1) is 5.58. The van der Waals surface area contributed by atoms with E-state index in [0.717, 1.165) is 11.3 Å². The molecule has 0 atom stereocenters. The molecule has 0 fully saturated rings. The van der Waals surface area contributed by atoms with Crippen molar-refractivity contribution in [3.8, 4) is 11.5 Å². The molecular formula is C10H14O2. The molecule has 0 spiro atoms. The van der Waals surface area contributed by atoms with Crippen LogP contribution in [-0.2, 0) is 0 Å². The van der Waals surface area contributed by atoms with E-state index in [1.807, 2.05) is 26.8 Å². The van der Waals surface area contributed by atoms with Gasteiger partial charge in [-0.05, 0) is 38.5 Å². The molecule has 0 unspecified atom stereocenters. The molecule has 0 saturated carbocycles. The maximum atomic E-state index is 9.23. The molecule has 2 heteroatoms. The van der Waals surface area contributed by atoms with E-state index in [9.17, 15) is 5.11 Å². The number of hydrogen-bond acceptors (Lipinski definition) is 2. The minimum absolute atomic E-state index is 0.145. The summed E-state index contributed by atoms with van der Waals surface area (Å²) in [6.07, 6.45) is 0.145. The van der Waals surface area contributed by atoms with Gasteiger partial charge in [0.15, 0.2) is 0 Å². The number of aromatic hydroxyl groups is 1. The largest absolute Gasteiger partial charge is 0.508 e. The van der Waals surface area contributed by atoms with Crippen LogP contribution in [0.4, 0.5) is 0 Å². The highest BCUT2D eigenvalue weighted by molar-refractivity contribution is 5.36. The predicted molar refractivity (Wildman–Crippen MR) is 48.6 cm³/mol. The maximum absolute atomic E-state index is 9.23. The molecule has 0 aliphatic heterocycles. The van der Waals surface area contributed by atoms with Gasteiger partial charge in [0.2, 0.25) is 0 Å². The van der Waals surface area contributed by atoms with Crippen molar-refractivity contribution in [3.63, 3.8) is 0 Å². The van der Waals surface area contributed by atoms with Crippen LogP contribution in [-0.4, -0.2) is 11.2 Å². The standard InChI is InChI=1S/C10H14O2/c1-7(2)12-10-5-8(3)4-9(11)6-10/h4-7,11H,1-3H3. The second-order valence-electron chi connectivity index (χ2n) is 3.17. The average Bonchev–Trinajstić information content (AvgIpc) is 1.81. The quantitative estimate of drug-likeness (QED) is 0.731. The fourth-order valence-corrected chi connectivity index (χ4v) is 1.07. The topological polar surface area (TPSA) is 29.5 Å². The van der Waals surface area contributed by atoms with Gasteiger partial charge in [-0.1, -0.05) is 0 Å². The van der Waals surface area contributed by atoms with E-state index in [1.165, 1.54) is 0 Å². The number of hydrogen-bond donors (Lipinski definition) is 1. The Morgan fingerprint density at radius 2 is 1.92 bits per heavy atom. The first-order valence-corrected chi connectivity index (χ1v) is 4.05. The summed E-state index contributed by atoms with van der Waals surface area (Å²) in [7, 11) is 0. The zero-order chi connectivity index (χ0) is 9.14. The fourth-order valence-electron chi connectivity index (χ4n) is 1.07. The predicted octanol–water partition coefficient (Wildman–Crippen LogP) is 2.49. The number of ether oxygens (including phenoxy) is 1. The van der Waals surface area contributed by atoms with E-state index < -0.39 is 0 Å². The molecule has 1 aromatic rings. The number of aryl methyl sites for hydroxylation is 1. The van der Waals surface area contributed by atoms with Crippen molar-refractivity contribution in [2.75, 3.05) is 0 Å². The van der Waals surface area contributed by atoms with E-state index in [1.54, 1.807) is 12.1 Å². The third-order valence-electron chi connectivity index (χ3n) is 1.41. The number of rotatable bonds is 2. The molecule has 0 aliphatic rings. The van der Waals surface area contributed by atoms with Gasteiger partial charge in [0.1, 0.15) is 11.5 Å². The summed E-state index contributed by atoms with van der Waals surface area (Å²) in [5, 5.41) is 9.23. The van der Waals surface area contributed by atoms with Crippen LogP contribution in [0.5, 0.6) is 11.5 Å². The monoisotopic (exact) mass is 166 g/mol. The van der Waals surface area contributed by atoms with Crippen LogP contribution >= 0.6 is 0 Å². The van der Waals surface area contributed by atoms with Gasteiger partial charge in [0.05, 0.1) is 6.10 Å². The molecule has 12 heavy (non-hydrogen) atoms. The van der Waals surface area contributed by atoms with Crippen molar-refractivity contribution in [3.05, 3.63) is 23.8 Å². The molecule has 1 N–H and O–H groups in total. The summed E-state index contributed by atoms with van der Waals surface area (Å²) >= 11 is 0. The maximum Gasteiger partial charge on any atom is 0.123 e. The molecule has 0 radical (unpaired) electrons. The molecule has 1 aromatic carbocycles. The van der Waals surface area contributed by atoms with Crippen LogP contribution in [0.25, 0.3) is 0 Å². The lowest BCUT2D eigenvalue weighted by atomic mass is 10.2. The minimum atomic E-state index is 0.145. The normalized spacial score (nSPS) is 10.3. The lowest BCUT2D eigenvalue weighted by Crippen LogP contribution is -2.05. The van der Waals surface area contributed by atoms with Crippen LogP contribution in [0.3, 0.4) is 0 Å². The smallest absolute Gasteiger partial charge is 0.123 e. The van der Waals surface area contributed by atoms with Gasteiger partial charge in [-0.3, -0.25) is 0 Å². The summed E-state index contributed by atoms with van der Waals surface area (Å²) < 4.78 is 5.42. The Hall–Kier alpha value is -1.18. The van der Waals surface area contributed by atoms with Crippen molar-refractivity contribution in [2.24, 2.45) is 0 Å². The molecule has 0 heterocycles. The number of benzene rings is 1. The summed E-state index contributed by atoms with van der Waals surface area (Å²) in [6.45, 7) is 5.84. The van der Waals surface area contributed by atoms with Gasteiger partial charge in [-0.15, -0.1) is 0 Å². The second kappa shape index (κ2) is 3.48. The molecule has 66 valence electrons. The van der Waals surface area contributed by atoms with E-state index in [-0.39, 0.29) is 11.9 Å². The van der Waals surface area contributed by atoms with Crippen molar-refractivity contribution in [2.45, 2.75) is 26.9 Å². The van der Waals surface area contributed by atoms with Crippen LogP contribution < -0.4 is 4.74 Å². The Balaban J connectivity index is 2.85. The Morgan fingerprint density at radius 3 is 2.42 bits per heavy atom. The van der Waals surface area contributed by atoms with Crippen molar-refractivity contribution >= 4 is 0 Å². The number of phenolic OH excluding ortho intramolecular Hbond substituents is 1. The first-order valence-electron chi connectivity index (χ1n) is 4.05. The highest BCUT2D eigenvalue weighted by atomic mass is 16.5. The minimum Gasteiger partial charge on any atom is -0.508 e. The Bertz CT molecular complexity index is 246. The molecule has 1 rings (SSSR count). The van der Waals surface area contributed by atoms with Gasteiger partial charge in [0.25, 0.3) is 0 Å². The Labute approximate surface area is 72.8 Å². The molecule has 2 nitrogen and oxygen atoms in total. The second-order valence-corrected chi connectivity index (χ2v) is 3.17. The average molecular weight is 166 g/mol. The zero-order valence-electron chi connectivity index (χ0n) is 7.66. The lowest BCUT2D eigenvalue weighted by Gasteiger charge is -2.10. The van der Waals surface area contributed by atoms with E-state index in [2.05, 4.69) is 0 Å². The Kier molecular flexibility index (Phi) is 2.58. The summed E-state index contributed by atoms with van der Waals surface area (Å²) in [6, 6.07) is 5.22. The molecule has 0 bridgehead atoms. The first kappa shape index (κ1) is 8.91. The van der Waals surface area contributed by atoms with E-state index in [4.69, 9.17) is 4.74 Å². The molecule has 0 amide bonds. The molecular weight excluding hydrogens is 152 g/mol. The van der Waals surface area contributed by atoms with Gasteiger partial charge >= 0.3 is 0 Å². The summed E-state index contributed by atoms with van der Waals surface area (Å²) in [5.74, 6) is 0.980. The van der Waals surface area contributed by atoms with Crippen molar-refractivity contribution in [1.82, 2.24) is 0 Å². The fraction of sp³-hybridized carbons (Fsp3) is 0.400. The van der Waals surface area contributed by atoms with Crippen LogP contribution in [0.15, 0.2) is 18.2 Å². The highest BCUT2D eigenvalue weighted by Gasteiger charge is 1.99. The summed E-state index contributed by atoms with van der Waals surface area (Å²) in [5.41, 5.74) is 1.01. The van der Waals surface area contributed by atoms with Gasteiger partial charge in [-0.2, -0.15) is 0 Å². The van der Waals surface area contributed by atoms with E-state index in [0.29, 0.717) is 0 Å². The van der Waals surface area contributed by atoms with Crippen molar-refractivity contribution in [1.29, 1.82) is 0 Å². The SMILES string of the molecule is Cc1cc(O)cc(OC(C)C)c1. The van der Waals surface area contributed by atoms with Gasteiger partial charge in [0, 0.05) is 6.07 Å². The van der Waals surface area contributed by atoms with Crippen LogP contribution in [0, 0.1) is 6.92 Å². The van der Waals surface area contributed by atoms with Gasteiger partial charge in [-0.25, -0.2) is 0 Å². The third kappa shape index (κ3) is 2.46. The molecule has 0 saturated heterocycles. The van der Waals surface area contributed by atoms with Crippen LogP contribution in [0.2, 0.25) is 0 Å². The molecule has 0 aliphatic carbocycles.